The number of aryl methyl sites for hydroxylation is 1. The first-order chi connectivity index (χ1) is 14.7. The van der Waals surface area contributed by atoms with Crippen LogP contribution in [0.25, 0.3) is 10.9 Å². The van der Waals surface area contributed by atoms with Crippen molar-refractivity contribution < 1.29 is 27.5 Å². The summed E-state index contributed by atoms with van der Waals surface area (Å²) in [5, 5.41) is 2.55. The number of carbonyl (C=O) groups excluding carboxylic acids is 2. The fourth-order valence-electron chi connectivity index (χ4n) is 2.90. The van der Waals surface area contributed by atoms with E-state index in [4.69, 9.17) is 4.74 Å². The van der Waals surface area contributed by atoms with Crippen LogP contribution >= 0.6 is 0 Å². The van der Waals surface area contributed by atoms with E-state index in [1.165, 1.54) is 12.1 Å². The van der Waals surface area contributed by atoms with E-state index in [0.717, 1.165) is 12.1 Å². The van der Waals surface area contributed by atoms with Crippen LogP contribution in [-0.4, -0.2) is 28.5 Å². The minimum atomic E-state index is -4.63. The molecule has 0 spiro atoms. The number of nitrogens with one attached hydrogen (secondary N) is 2. The van der Waals surface area contributed by atoms with Crippen LogP contribution in [0.1, 0.15) is 24.2 Å². The number of nitrogens with zero attached hydrogens (tertiary/aromatic N) is 1. The van der Waals surface area contributed by atoms with E-state index in [-0.39, 0.29) is 12.0 Å². The van der Waals surface area contributed by atoms with Crippen LogP contribution in [0.2, 0.25) is 0 Å². The number of halogens is 3. The van der Waals surface area contributed by atoms with Crippen molar-refractivity contribution >= 4 is 28.5 Å². The molecule has 3 rings (SSSR count). The molecule has 10 heteroatoms. The summed E-state index contributed by atoms with van der Waals surface area (Å²) in [4.78, 5) is 42.6. The number of anilines is 1. The summed E-state index contributed by atoms with van der Waals surface area (Å²) < 4.78 is 43.6. The Balaban J connectivity index is 1.47. The zero-order chi connectivity index (χ0) is 22.4. The fraction of sp³-hybridized carbons (Fsp3) is 0.238. The molecule has 2 N–H and O–H groups in total. The Kier molecular flexibility index (Phi) is 6.68. The van der Waals surface area contributed by atoms with Gasteiger partial charge in [0.2, 0.25) is 0 Å². The molecule has 1 heterocycles. The van der Waals surface area contributed by atoms with Gasteiger partial charge in [0.25, 0.3) is 11.5 Å². The second-order valence-electron chi connectivity index (χ2n) is 6.64. The molecule has 0 aliphatic heterocycles. The highest BCUT2D eigenvalue weighted by atomic mass is 19.4. The van der Waals surface area contributed by atoms with E-state index in [1.54, 1.807) is 24.3 Å². The van der Waals surface area contributed by atoms with Gasteiger partial charge in [0.05, 0.1) is 22.2 Å². The number of hydrogen-bond donors (Lipinski definition) is 2. The highest BCUT2D eigenvalue weighted by Gasteiger charge is 2.33. The summed E-state index contributed by atoms with van der Waals surface area (Å²) in [6, 6.07) is 11.4. The van der Waals surface area contributed by atoms with Crippen molar-refractivity contribution in [2.24, 2.45) is 0 Å². The molecule has 1 aromatic heterocycles. The van der Waals surface area contributed by atoms with Crippen LogP contribution in [0.4, 0.5) is 18.9 Å². The van der Waals surface area contributed by atoms with E-state index in [0.29, 0.717) is 29.6 Å². The average Bonchev–Trinajstić information content (AvgIpc) is 2.72. The summed E-state index contributed by atoms with van der Waals surface area (Å²) >= 11 is 0. The van der Waals surface area contributed by atoms with Gasteiger partial charge in [0, 0.05) is 12.8 Å². The second kappa shape index (κ2) is 9.41. The zero-order valence-electron chi connectivity index (χ0n) is 16.2. The van der Waals surface area contributed by atoms with Crippen LogP contribution in [0.15, 0.2) is 53.3 Å². The maximum Gasteiger partial charge on any atom is 0.418 e. The molecule has 162 valence electrons. The summed E-state index contributed by atoms with van der Waals surface area (Å²) in [5.74, 6) is -1.16. The van der Waals surface area contributed by atoms with Gasteiger partial charge < -0.3 is 15.0 Å². The maximum absolute atomic E-state index is 12.9. The third kappa shape index (κ3) is 5.91. The Bertz CT molecular complexity index is 1160. The second-order valence-corrected chi connectivity index (χ2v) is 6.64. The number of para-hydroxylation sites is 2. The summed E-state index contributed by atoms with van der Waals surface area (Å²) in [6.45, 7) is -0.712. The minimum absolute atomic E-state index is 0.0526. The van der Waals surface area contributed by atoms with E-state index < -0.39 is 35.9 Å². The van der Waals surface area contributed by atoms with Gasteiger partial charge in [0.1, 0.15) is 5.82 Å². The molecule has 0 unspecified atom stereocenters. The number of fused-ring (bicyclic) bond motifs is 1. The highest BCUT2D eigenvalue weighted by Crippen LogP contribution is 2.34. The Morgan fingerprint density at radius 2 is 1.77 bits per heavy atom. The number of benzene rings is 2. The van der Waals surface area contributed by atoms with E-state index in [1.807, 2.05) is 0 Å². The van der Waals surface area contributed by atoms with Crippen molar-refractivity contribution in [1.82, 2.24) is 9.97 Å². The number of rotatable bonds is 7. The molecule has 0 aliphatic carbocycles. The molecule has 2 aromatic carbocycles. The lowest BCUT2D eigenvalue weighted by Crippen LogP contribution is -2.22. The lowest BCUT2D eigenvalue weighted by atomic mass is 10.1. The van der Waals surface area contributed by atoms with Crippen LogP contribution < -0.4 is 10.9 Å². The molecule has 0 aliphatic rings. The number of H-pyrrole nitrogens is 1. The third-order valence-corrected chi connectivity index (χ3v) is 4.33. The molecule has 0 atom stereocenters. The highest BCUT2D eigenvalue weighted by molar-refractivity contribution is 5.93. The topological polar surface area (TPSA) is 101 Å². The fourth-order valence-corrected chi connectivity index (χ4v) is 2.90. The first-order valence-electron chi connectivity index (χ1n) is 9.33. The van der Waals surface area contributed by atoms with Crippen LogP contribution in [-0.2, 0) is 26.9 Å². The van der Waals surface area contributed by atoms with Crippen molar-refractivity contribution in [2.75, 3.05) is 11.9 Å². The largest absolute Gasteiger partial charge is 0.456 e. The minimum Gasteiger partial charge on any atom is -0.456 e. The maximum atomic E-state index is 12.9. The number of hydrogen-bond acceptors (Lipinski definition) is 5. The molecule has 7 nitrogen and oxygen atoms in total. The van der Waals surface area contributed by atoms with Crippen molar-refractivity contribution in [2.45, 2.75) is 25.4 Å². The van der Waals surface area contributed by atoms with Gasteiger partial charge in [-0.2, -0.15) is 13.2 Å². The number of alkyl halides is 3. The predicted molar refractivity (Wildman–Crippen MR) is 106 cm³/mol. The van der Waals surface area contributed by atoms with Crippen LogP contribution in [0.5, 0.6) is 0 Å². The summed E-state index contributed by atoms with van der Waals surface area (Å²) in [6.07, 6.45) is -4.07. The molecule has 31 heavy (non-hydrogen) atoms. The van der Waals surface area contributed by atoms with E-state index in [2.05, 4.69) is 15.3 Å². The van der Waals surface area contributed by atoms with Gasteiger partial charge >= 0.3 is 12.1 Å². The third-order valence-electron chi connectivity index (χ3n) is 4.33. The molecule has 0 radical (unpaired) electrons. The SMILES string of the molecule is O=C(COC(=O)CCCc1nc2ccccc2c(=O)[nH]1)Nc1ccccc1C(F)(F)F. The molecular formula is C21H18F3N3O4. The Morgan fingerprint density at radius 3 is 2.55 bits per heavy atom. The van der Waals surface area contributed by atoms with Crippen molar-refractivity contribution in [1.29, 1.82) is 0 Å². The molecule has 0 bridgehead atoms. The number of ether oxygens (including phenoxy) is 1. The molecule has 1 amide bonds. The summed E-state index contributed by atoms with van der Waals surface area (Å²) in [5.41, 5.74) is -1.15. The lowest BCUT2D eigenvalue weighted by molar-refractivity contribution is -0.147. The zero-order valence-corrected chi connectivity index (χ0v) is 16.2. The molecule has 3 aromatic rings. The first-order valence-corrected chi connectivity index (χ1v) is 9.33. The normalized spacial score (nSPS) is 11.3. The summed E-state index contributed by atoms with van der Waals surface area (Å²) in [7, 11) is 0. The molecule has 0 saturated carbocycles. The Labute approximate surface area is 174 Å². The van der Waals surface area contributed by atoms with Gasteiger partial charge in [0.15, 0.2) is 6.61 Å². The molecular weight excluding hydrogens is 415 g/mol. The first kappa shape index (κ1) is 22.0. The number of aromatic amines is 1. The Hall–Kier alpha value is -3.69. The Morgan fingerprint density at radius 1 is 1.06 bits per heavy atom. The van der Waals surface area contributed by atoms with Gasteiger partial charge in [-0.05, 0) is 30.7 Å². The quantitative estimate of drug-likeness (QED) is 0.556. The van der Waals surface area contributed by atoms with Crippen molar-refractivity contribution in [3.05, 3.63) is 70.3 Å². The van der Waals surface area contributed by atoms with Crippen molar-refractivity contribution in [3.63, 3.8) is 0 Å². The van der Waals surface area contributed by atoms with E-state index in [9.17, 15) is 27.6 Å². The van der Waals surface area contributed by atoms with Crippen LogP contribution in [0.3, 0.4) is 0 Å². The number of aromatic nitrogens is 2. The average molecular weight is 433 g/mol. The van der Waals surface area contributed by atoms with Crippen molar-refractivity contribution in [3.8, 4) is 0 Å². The monoisotopic (exact) mass is 433 g/mol. The van der Waals surface area contributed by atoms with Gasteiger partial charge in [-0.1, -0.05) is 24.3 Å². The van der Waals surface area contributed by atoms with Crippen LogP contribution in [0, 0.1) is 0 Å². The predicted octanol–water partition coefficient (Wildman–Crippen LogP) is 3.45. The number of carbonyl (C=O) groups is 2. The standard InChI is InChI=1S/C21H18F3N3O4/c22-21(23,24)14-7-2-4-9-16(14)26-18(28)12-31-19(29)11-5-10-17-25-15-8-3-1-6-13(15)20(30)27-17/h1-4,6-9H,5,10-12H2,(H,26,28)(H,25,27,30). The molecule has 0 saturated heterocycles. The number of amides is 1. The lowest BCUT2D eigenvalue weighted by Gasteiger charge is -2.13. The number of esters is 1. The smallest absolute Gasteiger partial charge is 0.418 e. The van der Waals surface area contributed by atoms with Gasteiger partial charge in [-0.3, -0.25) is 14.4 Å². The van der Waals surface area contributed by atoms with E-state index >= 15 is 0 Å². The van der Waals surface area contributed by atoms with Gasteiger partial charge in [-0.15, -0.1) is 0 Å². The molecule has 0 fully saturated rings. The van der Waals surface area contributed by atoms with Gasteiger partial charge in [-0.25, -0.2) is 4.98 Å².